The van der Waals surface area contributed by atoms with Crippen LogP contribution in [0.1, 0.15) is 25.5 Å². The van der Waals surface area contributed by atoms with Crippen LogP contribution in [0.25, 0.3) is 0 Å². The first-order valence-corrected chi connectivity index (χ1v) is 10.6. The number of amides is 4. The molecule has 31 heavy (non-hydrogen) atoms. The average Bonchev–Trinajstić information content (AvgIpc) is 2.76. The summed E-state index contributed by atoms with van der Waals surface area (Å²) in [7, 11) is 0. The number of amidine groups is 1. The van der Waals surface area contributed by atoms with Gasteiger partial charge in [0.05, 0.1) is 17.5 Å². The summed E-state index contributed by atoms with van der Waals surface area (Å²) < 4.78 is 0. The van der Waals surface area contributed by atoms with Gasteiger partial charge >= 0.3 is 0 Å². The molecule has 0 saturated carbocycles. The van der Waals surface area contributed by atoms with Crippen molar-refractivity contribution < 1.29 is 19.2 Å². The van der Waals surface area contributed by atoms with E-state index in [4.69, 9.17) is 0 Å². The molecule has 1 heterocycles. The smallest absolute Gasteiger partial charge is 0.280 e. The van der Waals surface area contributed by atoms with E-state index in [0.29, 0.717) is 5.69 Å². The molecule has 1 aliphatic rings. The Balaban J connectivity index is 1.75. The van der Waals surface area contributed by atoms with Gasteiger partial charge in [0, 0.05) is 6.92 Å². The number of carbonyl (C=O) groups is 4. The molecule has 0 saturated heterocycles. The largest absolute Gasteiger partial charge is 0.349 e. The van der Waals surface area contributed by atoms with Crippen molar-refractivity contribution in [2.45, 2.75) is 25.9 Å². The Hall–Kier alpha value is -3.46. The number of rotatable bonds is 6. The number of anilines is 1. The van der Waals surface area contributed by atoms with Crippen molar-refractivity contribution in [3.8, 4) is 0 Å². The van der Waals surface area contributed by atoms with Crippen molar-refractivity contribution in [3.05, 3.63) is 66.2 Å². The zero-order valence-corrected chi connectivity index (χ0v) is 17.9. The van der Waals surface area contributed by atoms with E-state index in [1.54, 1.807) is 30.3 Å². The summed E-state index contributed by atoms with van der Waals surface area (Å²) in [5, 5.41) is 5.31. The first kappa shape index (κ1) is 22.2. The summed E-state index contributed by atoms with van der Waals surface area (Å²) in [5.41, 5.74) is 1.45. The second-order valence-electron chi connectivity index (χ2n) is 6.86. The van der Waals surface area contributed by atoms with Crippen molar-refractivity contribution in [2.75, 3.05) is 10.7 Å². The summed E-state index contributed by atoms with van der Waals surface area (Å²) in [6.07, 6.45) is 0. The lowest BCUT2D eigenvalue weighted by atomic mass is 10.1. The second-order valence-corrected chi connectivity index (χ2v) is 7.81. The highest BCUT2D eigenvalue weighted by Gasteiger charge is 2.39. The lowest BCUT2D eigenvalue weighted by Gasteiger charge is -2.30. The van der Waals surface area contributed by atoms with Crippen LogP contribution >= 0.6 is 11.8 Å². The van der Waals surface area contributed by atoms with Crippen molar-refractivity contribution in [2.24, 2.45) is 4.99 Å². The highest BCUT2D eigenvalue weighted by molar-refractivity contribution is 8.14. The monoisotopic (exact) mass is 438 g/mol. The number of nitrogens with zero attached hydrogens (tertiary/aromatic N) is 2. The highest BCUT2D eigenvalue weighted by Crippen LogP contribution is 2.24. The van der Waals surface area contributed by atoms with E-state index < -0.39 is 23.8 Å². The summed E-state index contributed by atoms with van der Waals surface area (Å²) in [6, 6.07) is 16.6. The standard InChI is InChI=1S/C22H22N4O4S/c1-14(16-9-5-3-6-10-16)23-18(28)13-31-22-25-20(29)19(24-15(2)27)21(30)26(22)17-11-7-4-8-12-17/h3-12,14,19H,13H2,1-2H3,(H,23,28)(H,24,27)/t14-,19-/m1/s1. The Bertz CT molecular complexity index is 1010. The van der Waals surface area contributed by atoms with E-state index in [2.05, 4.69) is 15.6 Å². The highest BCUT2D eigenvalue weighted by atomic mass is 32.2. The maximum atomic E-state index is 13.0. The van der Waals surface area contributed by atoms with Gasteiger partial charge in [-0.1, -0.05) is 60.3 Å². The number of nitrogens with one attached hydrogen (secondary N) is 2. The quantitative estimate of drug-likeness (QED) is 0.671. The average molecular weight is 439 g/mol. The molecule has 9 heteroatoms. The van der Waals surface area contributed by atoms with Crippen LogP contribution in [0.5, 0.6) is 0 Å². The molecule has 2 aromatic carbocycles. The molecule has 8 nitrogen and oxygen atoms in total. The predicted octanol–water partition coefficient (Wildman–Crippen LogP) is 2.03. The zero-order chi connectivity index (χ0) is 22.4. The van der Waals surface area contributed by atoms with Crippen LogP contribution in [-0.4, -0.2) is 40.6 Å². The van der Waals surface area contributed by atoms with Gasteiger partial charge in [0.25, 0.3) is 11.8 Å². The Morgan fingerprint density at radius 2 is 1.68 bits per heavy atom. The van der Waals surface area contributed by atoms with Gasteiger partial charge in [0.2, 0.25) is 11.8 Å². The van der Waals surface area contributed by atoms with Crippen molar-refractivity contribution in [1.29, 1.82) is 0 Å². The SMILES string of the molecule is CC(=O)N[C@@H]1C(=O)N=C(SCC(=O)N[C@H](C)c2ccccc2)N(c2ccccc2)C1=O. The molecule has 2 atom stereocenters. The fourth-order valence-electron chi connectivity index (χ4n) is 3.01. The topological polar surface area (TPSA) is 108 Å². The van der Waals surface area contributed by atoms with Gasteiger partial charge in [0.15, 0.2) is 11.2 Å². The summed E-state index contributed by atoms with van der Waals surface area (Å²) in [6.45, 7) is 3.09. The number of hydrogen-bond donors (Lipinski definition) is 2. The van der Waals surface area contributed by atoms with Crippen LogP contribution in [0.4, 0.5) is 5.69 Å². The molecule has 0 spiro atoms. The fourth-order valence-corrected chi connectivity index (χ4v) is 3.84. The van der Waals surface area contributed by atoms with E-state index in [1.807, 2.05) is 37.3 Å². The molecule has 0 bridgehead atoms. The molecule has 4 amide bonds. The molecule has 0 aromatic heterocycles. The normalized spacial score (nSPS) is 17.0. The molecule has 1 aliphatic heterocycles. The van der Waals surface area contributed by atoms with Crippen molar-refractivity contribution in [3.63, 3.8) is 0 Å². The molecule has 0 fully saturated rings. The van der Waals surface area contributed by atoms with E-state index in [1.165, 1.54) is 11.8 Å². The number of aliphatic imine (C=N–C) groups is 1. The van der Waals surface area contributed by atoms with Gasteiger partial charge in [-0.15, -0.1) is 0 Å². The van der Waals surface area contributed by atoms with E-state index in [-0.39, 0.29) is 22.9 Å². The third kappa shape index (κ3) is 5.58. The maximum absolute atomic E-state index is 13.0. The number of benzene rings is 2. The molecule has 3 rings (SSSR count). The first-order valence-electron chi connectivity index (χ1n) is 9.62. The Morgan fingerprint density at radius 1 is 1.06 bits per heavy atom. The molecule has 0 radical (unpaired) electrons. The van der Waals surface area contributed by atoms with Gasteiger partial charge < -0.3 is 10.6 Å². The van der Waals surface area contributed by atoms with Crippen molar-refractivity contribution >= 4 is 46.2 Å². The minimum Gasteiger partial charge on any atom is -0.349 e. The van der Waals surface area contributed by atoms with Crippen molar-refractivity contribution in [1.82, 2.24) is 10.6 Å². The third-order valence-electron chi connectivity index (χ3n) is 4.48. The molecule has 0 aliphatic carbocycles. The summed E-state index contributed by atoms with van der Waals surface area (Å²) >= 11 is 0.984. The molecular weight excluding hydrogens is 416 g/mol. The van der Waals surface area contributed by atoms with Gasteiger partial charge in [-0.2, -0.15) is 4.99 Å². The number of carbonyl (C=O) groups excluding carboxylic acids is 4. The van der Waals surface area contributed by atoms with Crippen LogP contribution in [0, 0.1) is 0 Å². The molecule has 160 valence electrons. The van der Waals surface area contributed by atoms with Crippen LogP contribution < -0.4 is 15.5 Å². The lowest BCUT2D eigenvalue weighted by molar-refractivity contribution is -0.133. The number of thioether (sulfide) groups is 1. The van der Waals surface area contributed by atoms with Crippen LogP contribution in [0.15, 0.2) is 65.7 Å². The molecule has 0 unspecified atom stereocenters. The molecule has 2 N–H and O–H groups in total. The Morgan fingerprint density at radius 3 is 2.29 bits per heavy atom. The lowest BCUT2D eigenvalue weighted by Crippen LogP contribution is -2.57. The summed E-state index contributed by atoms with van der Waals surface area (Å²) in [4.78, 5) is 54.5. The number of para-hydroxylation sites is 1. The maximum Gasteiger partial charge on any atom is 0.280 e. The third-order valence-corrected chi connectivity index (χ3v) is 5.42. The summed E-state index contributed by atoms with van der Waals surface area (Å²) in [5.74, 6) is -2.21. The van der Waals surface area contributed by atoms with E-state index in [0.717, 1.165) is 17.3 Å². The minimum absolute atomic E-state index is 0.0370. The Labute approximate surface area is 184 Å². The van der Waals surface area contributed by atoms with E-state index >= 15 is 0 Å². The van der Waals surface area contributed by atoms with Crippen LogP contribution in [0.2, 0.25) is 0 Å². The van der Waals surface area contributed by atoms with Gasteiger partial charge in [-0.05, 0) is 24.6 Å². The van der Waals surface area contributed by atoms with Gasteiger partial charge in [-0.25, -0.2) is 0 Å². The van der Waals surface area contributed by atoms with E-state index in [9.17, 15) is 19.2 Å². The van der Waals surface area contributed by atoms with Crippen LogP contribution in [0.3, 0.4) is 0 Å². The van der Waals surface area contributed by atoms with Crippen LogP contribution in [-0.2, 0) is 19.2 Å². The first-order chi connectivity index (χ1) is 14.9. The molecule has 2 aromatic rings. The minimum atomic E-state index is -1.39. The second kappa shape index (κ2) is 10.0. The zero-order valence-electron chi connectivity index (χ0n) is 17.1. The Kier molecular flexibility index (Phi) is 7.19. The molecular formula is C22H22N4O4S. The van der Waals surface area contributed by atoms with Gasteiger partial charge in [-0.3, -0.25) is 24.1 Å². The van der Waals surface area contributed by atoms with Gasteiger partial charge in [0.1, 0.15) is 0 Å². The fraction of sp³-hybridized carbons (Fsp3) is 0.227. The number of hydrogen-bond acceptors (Lipinski definition) is 5. The predicted molar refractivity (Wildman–Crippen MR) is 119 cm³/mol.